The van der Waals surface area contributed by atoms with Crippen molar-refractivity contribution in [3.63, 3.8) is 0 Å². The first-order valence-corrected chi connectivity index (χ1v) is 7.97. The van der Waals surface area contributed by atoms with Crippen molar-refractivity contribution >= 4 is 17.7 Å². The number of nitrogens with one attached hydrogen (secondary N) is 2. The summed E-state index contributed by atoms with van der Waals surface area (Å²) >= 11 is 0. The van der Waals surface area contributed by atoms with Crippen LogP contribution < -0.4 is 5.32 Å². The minimum atomic E-state index is -0.523. The Balaban J connectivity index is 2.30. The first-order valence-electron chi connectivity index (χ1n) is 7.97. The summed E-state index contributed by atoms with van der Waals surface area (Å²) in [5.41, 5.74) is 2.91. The zero-order chi connectivity index (χ0) is 18.6. The van der Waals surface area contributed by atoms with E-state index in [1.807, 2.05) is 30.3 Å². The van der Waals surface area contributed by atoms with Crippen molar-refractivity contribution in [1.29, 1.82) is 0 Å². The molecule has 1 aromatic heterocycles. The molecule has 1 atom stereocenters. The molecular weight excluding hydrogens is 320 g/mol. The van der Waals surface area contributed by atoms with Gasteiger partial charge in [0.05, 0.1) is 19.6 Å². The van der Waals surface area contributed by atoms with Gasteiger partial charge in [0.2, 0.25) is 0 Å². The molecule has 6 heteroatoms. The maximum Gasteiger partial charge on any atom is 0.307 e. The largest absolute Gasteiger partial charge is 0.469 e. The number of rotatable bonds is 6. The van der Waals surface area contributed by atoms with Crippen molar-refractivity contribution in [1.82, 2.24) is 10.3 Å². The number of Topliss-reactive ketones (excluding diaryl/α,β-unsaturated/α-hetero) is 1. The molecule has 0 unspecified atom stereocenters. The van der Waals surface area contributed by atoms with Gasteiger partial charge < -0.3 is 15.0 Å². The number of carbonyl (C=O) groups is 3. The van der Waals surface area contributed by atoms with Gasteiger partial charge in [-0.15, -0.1) is 0 Å². The van der Waals surface area contributed by atoms with Gasteiger partial charge in [-0.05, 0) is 31.9 Å². The summed E-state index contributed by atoms with van der Waals surface area (Å²) < 4.78 is 4.73. The van der Waals surface area contributed by atoms with E-state index in [2.05, 4.69) is 10.3 Å². The minimum absolute atomic E-state index is 0.0184. The average molecular weight is 342 g/mol. The Morgan fingerprint density at radius 1 is 1.16 bits per heavy atom. The Morgan fingerprint density at radius 3 is 2.32 bits per heavy atom. The number of amides is 1. The highest BCUT2D eigenvalue weighted by Gasteiger charge is 2.24. The zero-order valence-corrected chi connectivity index (χ0v) is 14.8. The maximum atomic E-state index is 12.7. The number of aryl methyl sites for hydroxylation is 1. The third-order valence-corrected chi connectivity index (χ3v) is 4.12. The molecular formula is C19H22N2O4. The lowest BCUT2D eigenvalue weighted by molar-refractivity contribution is -0.141. The van der Waals surface area contributed by atoms with Crippen LogP contribution in [0.1, 0.15) is 57.1 Å². The van der Waals surface area contributed by atoms with E-state index in [4.69, 9.17) is 4.74 Å². The van der Waals surface area contributed by atoms with Gasteiger partial charge in [0.15, 0.2) is 5.78 Å². The first kappa shape index (κ1) is 18.4. The molecule has 2 aromatic rings. The monoisotopic (exact) mass is 342 g/mol. The Kier molecular flexibility index (Phi) is 5.75. The highest BCUT2D eigenvalue weighted by Crippen LogP contribution is 2.21. The van der Waals surface area contributed by atoms with Gasteiger partial charge in [-0.3, -0.25) is 14.4 Å². The quantitative estimate of drug-likeness (QED) is 0.624. The van der Waals surface area contributed by atoms with Gasteiger partial charge in [0.1, 0.15) is 5.69 Å². The van der Waals surface area contributed by atoms with Crippen LogP contribution in [0.15, 0.2) is 30.3 Å². The summed E-state index contributed by atoms with van der Waals surface area (Å²) in [5.74, 6) is -0.886. The maximum absolute atomic E-state index is 12.7. The second-order valence-corrected chi connectivity index (χ2v) is 5.90. The van der Waals surface area contributed by atoms with Gasteiger partial charge in [0.25, 0.3) is 5.91 Å². The number of aromatic nitrogens is 1. The van der Waals surface area contributed by atoms with Crippen LogP contribution in [0, 0.1) is 13.8 Å². The van der Waals surface area contributed by atoms with Crippen LogP contribution >= 0.6 is 0 Å². The number of methoxy groups -OCH3 is 1. The molecule has 1 heterocycles. The Bertz CT molecular complexity index is 793. The summed E-state index contributed by atoms with van der Waals surface area (Å²) in [7, 11) is 1.31. The van der Waals surface area contributed by atoms with Gasteiger partial charge in [-0.2, -0.15) is 0 Å². The molecule has 0 aliphatic rings. The van der Waals surface area contributed by atoms with Crippen molar-refractivity contribution in [3.8, 4) is 0 Å². The molecule has 1 aromatic carbocycles. The molecule has 0 saturated heterocycles. The molecule has 0 fully saturated rings. The van der Waals surface area contributed by atoms with E-state index in [1.165, 1.54) is 14.0 Å². The number of benzene rings is 1. The smallest absolute Gasteiger partial charge is 0.307 e. The fourth-order valence-corrected chi connectivity index (χ4v) is 2.92. The van der Waals surface area contributed by atoms with Crippen molar-refractivity contribution in [2.24, 2.45) is 0 Å². The molecule has 2 rings (SSSR count). The van der Waals surface area contributed by atoms with Crippen LogP contribution in [-0.2, 0) is 9.53 Å². The fraction of sp³-hybridized carbons (Fsp3) is 0.316. The van der Waals surface area contributed by atoms with Crippen molar-refractivity contribution in [2.45, 2.75) is 33.2 Å². The SMILES string of the molecule is COC(=O)C[C@@H](NC(=O)c1[nH]c(C)c(C(C)=O)c1C)c1ccccc1. The summed E-state index contributed by atoms with van der Waals surface area (Å²) in [6.07, 6.45) is 0.0184. The normalized spacial score (nSPS) is 11.7. The van der Waals surface area contributed by atoms with Crippen molar-refractivity contribution in [2.75, 3.05) is 7.11 Å². The third kappa shape index (κ3) is 4.15. The van der Waals surface area contributed by atoms with Crippen LogP contribution in [0.2, 0.25) is 0 Å². The molecule has 0 radical (unpaired) electrons. The number of hydrogen-bond donors (Lipinski definition) is 2. The molecule has 0 aliphatic heterocycles. The summed E-state index contributed by atoms with van der Waals surface area (Å²) in [6, 6.07) is 8.68. The van der Waals surface area contributed by atoms with E-state index in [-0.39, 0.29) is 18.1 Å². The van der Waals surface area contributed by atoms with Crippen LogP contribution in [0.5, 0.6) is 0 Å². The first-order chi connectivity index (χ1) is 11.8. The van der Waals surface area contributed by atoms with E-state index in [1.54, 1.807) is 13.8 Å². The number of H-pyrrole nitrogens is 1. The number of ether oxygens (including phenoxy) is 1. The van der Waals surface area contributed by atoms with E-state index >= 15 is 0 Å². The second kappa shape index (κ2) is 7.79. The topological polar surface area (TPSA) is 88.3 Å². The van der Waals surface area contributed by atoms with Crippen LogP contribution in [-0.4, -0.2) is 29.8 Å². The molecule has 25 heavy (non-hydrogen) atoms. The lowest BCUT2D eigenvalue weighted by Gasteiger charge is -2.18. The Hall–Kier alpha value is -2.89. The molecule has 0 spiro atoms. The predicted octanol–water partition coefficient (Wildman–Crippen LogP) is 2.87. The standard InChI is InChI=1S/C19H22N2O4/c1-11-17(13(3)22)12(2)20-18(11)19(24)21-15(10-16(23)25-4)14-8-6-5-7-9-14/h5-9,15,20H,10H2,1-4H3,(H,21,24)/t15-/m1/s1. The lowest BCUT2D eigenvalue weighted by atomic mass is 10.0. The fourth-order valence-electron chi connectivity index (χ4n) is 2.92. The van der Waals surface area contributed by atoms with E-state index in [0.717, 1.165) is 5.56 Å². The number of hydrogen-bond acceptors (Lipinski definition) is 4. The van der Waals surface area contributed by atoms with E-state index < -0.39 is 12.0 Å². The molecule has 0 aliphatic carbocycles. The van der Waals surface area contributed by atoms with Gasteiger partial charge >= 0.3 is 5.97 Å². The minimum Gasteiger partial charge on any atom is -0.469 e. The molecule has 2 N–H and O–H groups in total. The molecule has 132 valence electrons. The number of carbonyl (C=O) groups excluding carboxylic acids is 3. The van der Waals surface area contributed by atoms with Crippen molar-refractivity contribution < 1.29 is 19.1 Å². The molecule has 0 saturated carbocycles. The van der Waals surface area contributed by atoms with E-state index in [9.17, 15) is 14.4 Å². The predicted molar refractivity (Wildman–Crippen MR) is 93.6 cm³/mol. The van der Waals surface area contributed by atoms with Gasteiger partial charge in [-0.25, -0.2) is 0 Å². The Labute approximate surface area is 146 Å². The van der Waals surface area contributed by atoms with Gasteiger partial charge in [-0.1, -0.05) is 30.3 Å². The van der Waals surface area contributed by atoms with E-state index in [0.29, 0.717) is 22.5 Å². The lowest BCUT2D eigenvalue weighted by Crippen LogP contribution is -2.31. The van der Waals surface area contributed by atoms with Crippen LogP contribution in [0.4, 0.5) is 0 Å². The highest BCUT2D eigenvalue weighted by atomic mass is 16.5. The number of ketones is 1. The molecule has 1 amide bonds. The molecule has 6 nitrogen and oxygen atoms in total. The summed E-state index contributed by atoms with van der Waals surface area (Å²) in [4.78, 5) is 39.1. The van der Waals surface area contributed by atoms with Gasteiger partial charge in [0, 0.05) is 11.3 Å². The van der Waals surface area contributed by atoms with Crippen LogP contribution in [0.25, 0.3) is 0 Å². The zero-order valence-electron chi connectivity index (χ0n) is 14.8. The highest BCUT2D eigenvalue weighted by molar-refractivity contribution is 6.02. The second-order valence-electron chi connectivity index (χ2n) is 5.90. The molecule has 0 bridgehead atoms. The summed E-state index contributed by atoms with van der Waals surface area (Å²) in [5, 5.41) is 2.85. The third-order valence-electron chi connectivity index (χ3n) is 4.12. The summed E-state index contributed by atoms with van der Waals surface area (Å²) in [6.45, 7) is 4.95. The van der Waals surface area contributed by atoms with Crippen LogP contribution in [0.3, 0.4) is 0 Å². The van der Waals surface area contributed by atoms with Crippen molar-refractivity contribution in [3.05, 3.63) is 58.4 Å². The number of aromatic amines is 1. The number of esters is 1. The average Bonchev–Trinajstić information content (AvgIpc) is 2.89. The Morgan fingerprint density at radius 2 is 1.80 bits per heavy atom.